The summed E-state index contributed by atoms with van der Waals surface area (Å²) in [5, 5.41) is 43.3. The minimum absolute atomic E-state index is 0.0318. The molecular weight excluding hydrogens is 452 g/mol. The third kappa shape index (κ3) is 2.86. The molecule has 5 heteroatoms. The maximum Gasteiger partial charge on any atom is 0.310 e. The lowest BCUT2D eigenvalue weighted by Crippen LogP contribution is -2.72. The topological polar surface area (TPSA) is 98.0 Å². The highest BCUT2D eigenvalue weighted by Gasteiger charge is 2.74. The first-order valence-corrected chi connectivity index (χ1v) is 14.4. The minimum Gasteiger partial charge on any atom is -0.481 e. The van der Waals surface area contributed by atoms with E-state index < -0.39 is 29.0 Å². The Morgan fingerprint density at radius 2 is 1.53 bits per heavy atom. The van der Waals surface area contributed by atoms with E-state index in [0.717, 1.165) is 51.4 Å². The Bertz CT molecular complexity index is 987. The zero-order chi connectivity index (χ0) is 26.7. The molecule has 0 aromatic heterocycles. The van der Waals surface area contributed by atoms with Crippen molar-refractivity contribution in [3.05, 3.63) is 11.6 Å². The number of aliphatic hydroxyl groups is 3. The van der Waals surface area contributed by atoms with Crippen LogP contribution in [0.1, 0.15) is 106 Å². The van der Waals surface area contributed by atoms with Crippen molar-refractivity contribution < 1.29 is 25.2 Å². The fraction of sp³-hybridized carbons (Fsp3) is 0.903. The summed E-state index contributed by atoms with van der Waals surface area (Å²) in [5.41, 5.74) is -0.563. The predicted molar refractivity (Wildman–Crippen MR) is 140 cm³/mol. The molecule has 4 N–H and O–H groups in total. The average molecular weight is 503 g/mol. The van der Waals surface area contributed by atoms with E-state index in [4.69, 9.17) is 0 Å². The summed E-state index contributed by atoms with van der Waals surface area (Å²) in [6.45, 7) is 15.9. The second kappa shape index (κ2) is 7.60. The molecule has 36 heavy (non-hydrogen) atoms. The van der Waals surface area contributed by atoms with E-state index in [1.807, 2.05) is 6.92 Å². The van der Waals surface area contributed by atoms with Gasteiger partial charge in [0, 0.05) is 5.41 Å². The monoisotopic (exact) mass is 502 g/mol. The number of aliphatic carboxylic acids is 1. The fourth-order valence-electron chi connectivity index (χ4n) is 11.0. The van der Waals surface area contributed by atoms with E-state index >= 15 is 0 Å². The fourth-order valence-corrected chi connectivity index (χ4v) is 11.0. The first-order chi connectivity index (χ1) is 16.5. The molecule has 204 valence electrons. The van der Waals surface area contributed by atoms with Gasteiger partial charge in [-0.05, 0) is 96.7 Å². The lowest BCUT2D eigenvalue weighted by Gasteiger charge is -2.75. The van der Waals surface area contributed by atoms with Gasteiger partial charge in [-0.15, -0.1) is 0 Å². The Hall–Kier alpha value is -0.910. The molecule has 5 aliphatic rings. The van der Waals surface area contributed by atoms with Gasteiger partial charge < -0.3 is 20.4 Å². The molecule has 0 aliphatic heterocycles. The molecule has 0 saturated heterocycles. The van der Waals surface area contributed by atoms with Gasteiger partial charge in [-0.3, -0.25) is 4.79 Å². The smallest absolute Gasteiger partial charge is 0.310 e. The summed E-state index contributed by atoms with van der Waals surface area (Å²) < 4.78 is 0. The van der Waals surface area contributed by atoms with Crippen molar-refractivity contribution in [2.24, 2.45) is 49.7 Å². The lowest BCUT2D eigenvalue weighted by molar-refractivity contribution is -0.286. The van der Waals surface area contributed by atoms with Gasteiger partial charge in [-0.25, -0.2) is 0 Å². The molecule has 0 amide bonds. The van der Waals surface area contributed by atoms with Gasteiger partial charge in [0.15, 0.2) is 0 Å². The second-order valence-corrected chi connectivity index (χ2v) is 15.6. The molecule has 10 unspecified atom stereocenters. The number of carboxylic acid groups (broad SMARTS) is 1. The standard InChI is InChI=1S/C31H50O5/c1-25(2)10-14-31(24(35)36)15-12-26(3)19(20(31)16-25)8-9-22-27(26,4)11-13-30(7)28(22,5)17-21(33)23(34)29(30,6)18-32/h8,20-23,32-34H,9-18H2,1-7H3,(H,35,36). The van der Waals surface area contributed by atoms with Crippen molar-refractivity contribution in [2.75, 3.05) is 6.61 Å². The molecule has 4 saturated carbocycles. The van der Waals surface area contributed by atoms with E-state index in [1.165, 1.54) is 5.57 Å². The van der Waals surface area contributed by atoms with Crippen molar-refractivity contribution in [2.45, 2.75) is 118 Å². The van der Waals surface area contributed by atoms with Crippen LogP contribution in [0, 0.1) is 49.7 Å². The van der Waals surface area contributed by atoms with Crippen LogP contribution in [0.4, 0.5) is 0 Å². The van der Waals surface area contributed by atoms with Crippen LogP contribution in [-0.2, 0) is 4.79 Å². The summed E-state index contributed by atoms with van der Waals surface area (Å²) in [6, 6.07) is 0. The second-order valence-electron chi connectivity index (χ2n) is 15.6. The van der Waals surface area contributed by atoms with Crippen molar-refractivity contribution >= 4 is 5.97 Å². The predicted octanol–water partition coefficient (Wildman–Crippen LogP) is 5.57. The zero-order valence-electron chi connectivity index (χ0n) is 23.7. The van der Waals surface area contributed by atoms with Crippen LogP contribution in [0.2, 0.25) is 0 Å². The molecule has 0 bridgehead atoms. The molecule has 0 aromatic carbocycles. The van der Waals surface area contributed by atoms with Gasteiger partial charge in [-0.1, -0.05) is 60.1 Å². The van der Waals surface area contributed by atoms with Crippen LogP contribution < -0.4 is 0 Å². The van der Waals surface area contributed by atoms with Gasteiger partial charge in [-0.2, -0.15) is 0 Å². The number of carboxylic acids is 1. The van der Waals surface area contributed by atoms with Gasteiger partial charge in [0.2, 0.25) is 0 Å². The maximum absolute atomic E-state index is 12.8. The molecule has 5 aliphatic carbocycles. The minimum atomic E-state index is -0.939. The van der Waals surface area contributed by atoms with E-state index in [9.17, 15) is 25.2 Å². The Kier molecular flexibility index (Phi) is 5.63. The first kappa shape index (κ1) is 26.7. The normalized spacial score (nSPS) is 55.9. The molecule has 0 heterocycles. The van der Waals surface area contributed by atoms with Gasteiger partial charge in [0.1, 0.15) is 0 Å². The maximum atomic E-state index is 12.8. The number of allylic oxidation sites excluding steroid dienone is 2. The van der Waals surface area contributed by atoms with Gasteiger partial charge in [0.05, 0.1) is 24.2 Å². The zero-order valence-corrected chi connectivity index (χ0v) is 23.7. The third-order valence-electron chi connectivity index (χ3n) is 14.2. The van der Waals surface area contributed by atoms with Crippen LogP contribution in [0.25, 0.3) is 0 Å². The highest BCUT2D eigenvalue weighted by molar-refractivity contribution is 5.76. The highest BCUT2D eigenvalue weighted by atomic mass is 16.4. The molecule has 5 rings (SSSR count). The number of carbonyl (C=O) groups is 1. The third-order valence-corrected chi connectivity index (χ3v) is 14.2. The Balaban J connectivity index is 1.64. The molecule has 4 fully saturated rings. The summed E-state index contributed by atoms with van der Waals surface area (Å²) in [4.78, 5) is 12.8. The van der Waals surface area contributed by atoms with Crippen molar-refractivity contribution in [3.8, 4) is 0 Å². The first-order valence-electron chi connectivity index (χ1n) is 14.4. The number of hydrogen-bond acceptors (Lipinski definition) is 4. The molecule has 0 radical (unpaired) electrons. The summed E-state index contributed by atoms with van der Waals surface area (Å²) in [6.07, 6.45) is 8.23. The number of rotatable bonds is 2. The van der Waals surface area contributed by atoms with Crippen LogP contribution in [0.5, 0.6) is 0 Å². The van der Waals surface area contributed by atoms with E-state index in [0.29, 0.717) is 12.3 Å². The lowest BCUT2D eigenvalue weighted by atomic mass is 9.30. The molecular formula is C31H50O5. The Labute approximate surface area is 217 Å². The number of hydrogen-bond donors (Lipinski definition) is 4. The van der Waals surface area contributed by atoms with Crippen LogP contribution in [0.15, 0.2) is 11.6 Å². The highest BCUT2D eigenvalue weighted by Crippen LogP contribution is 2.78. The largest absolute Gasteiger partial charge is 0.481 e. The summed E-state index contributed by atoms with van der Waals surface area (Å²) in [5.74, 6) is -0.234. The summed E-state index contributed by atoms with van der Waals surface area (Å²) in [7, 11) is 0. The van der Waals surface area contributed by atoms with Crippen molar-refractivity contribution in [1.29, 1.82) is 0 Å². The quantitative estimate of drug-likeness (QED) is 0.370. The van der Waals surface area contributed by atoms with E-state index in [2.05, 4.69) is 47.6 Å². The van der Waals surface area contributed by atoms with Gasteiger partial charge in [0.25, 0.3) is 0 Å². The van der Waals surface area contributed by atoms with Crippen LogP contribution in [0.3, 0.4) is 0 Å². The van der Waals surface area contributed by atoms with E-state index in [1.54, 1.807) is 0 Å². The number of fused-ring (bicyclic) bond motifs is 7. The molecule has 5 nitrogen and oxygen atoms in total. The van der Waals surface area contributed by atoms with Crippen molar-refractivity contribution in [1.82, 2.24) is 0 Å². The average Bonchev–Trinajstić information content (AvgIpc) is 2.80. The van der Waals surface area contributed by atoms with Crippen LogP contribution >= 0.6 is 0 Å². The Morgan fingerprint density at radius 3 is 2.14 bits per heavy atom. The van der Waals surface area contributed by atoms with Crippen molar-refractivity contribution in [3.63, 3.8) is 0 Å². The molecule has 0 spiro atoms. The van der Waals surface area contributed by atoms with Gasteiger partial charge >= 0.3 is 5.97 Å². The molecule has 0 aromatic rings. The van der Waals surface area contributed by atoms with E-state index in [-0.39, 0.29) is 39.6 Å². The summed E-state index contributed by atoms with van der Waals surface area (Å²) >= 11 is 0. The van der Waals surface area contributed by atoms with Crippen LogP contribution in [-0.4, -0.2) is 45.2 Å². The Morgan fingerprint density at radius 1 is 0.889 bits per heavy atom. The number of aliphatic hydroxyl groups excluding tert-OH is 3. The molecule has 10 atom stereocenters. The SMILES string of the molecule is CC1(C)CCC2(C(=O)O)CCC3(C)C(=CCC4C3(C)CCC3(C)C(C)(CO)C(O)C(O)CC43C)C2C1.